The first-order valence-electron chi connectivity index (χ1n) is 10.1. The molecule has 1 heterocycles. The third kappa shape index (κ3) is 3.32. The van der Waals surface area contributed by atoms with Crippen molar-refractivity contribution in [3.05, 3.63) is 56.5 Å². The summed E-state index contributed by atoms with van der Waals surface area (Å²) in [5, 5.41) is 22.2. The van der Waals surface area contributed by atoms with Crippen molar-refractivity contribution in [1.29, 1.82) is 0 Å². The lowest BCUT2D eigenvalue weighted by Gasteiger charge is -2.40. The summed E-state index contributed by atoms with van der Waals surface area (Å²) in [6.07, 6.45) is 1.33. The van der Waals surface area contributed by atoms with E-state index in [2.05, 4.69) is 0 Å². The number of nitro groups is 1. The second-order valence-electron chi connectivity index (χ2n) is 10.1. The van der Waals surface area contributed by atoms with Crippen LogP contribution in [-0.4, -0.2) is 21.6 Å². The standard InChI is InChI=1S/C23H25NO6/c1-22(2)8-14(25)20(15(26)9-22)19-13-7-12(24(28)29)5-6-17(13)30-18-11-23(3,4)10-16(27)21(18)19/h5-7,19,25H,8-11H2,1-4H3. The van der Waals surface area contributed by atoms with Crippen LogP contribution in [0.3, 0.4) is 0 Å². The molecule has 1 aliphatic heterocycles. The molecule has 1 N–H and O–H groups in total. The number of aliphatic hydroxyl groups is 1. The zero-order valence-corrected chi connectivity index (χ0v) is 17.6. The lowest BCUT2D eigenvalue weighted by molar-refractivity contribution is -0.385. The Morgan fingerprint density at radius 3 is 2.20 bits per heavy atom. The number of aliphatic hydroxyl groups excluding tert-OH is 1. The van der Waals surface area contributed by atoms with E-state index in [4.69, 9.17) is 4.74 Å². The normalized spacial score (nSPS) is 24.9. The molecule has 0 fully saturated rings. The number of rotatable bonds is 2. The molecule has 1 aromatic rings. The van der Waals surface area contributed by atoms with Gasteiger partial charge in [-0.15, -0.1) is 0 Å². The Hall–Kier alpha value is -2.96. The Kier molecular flexibility index (Phi) is 4.42. The Balaban J connectivity index is 1.97. The van der Waals surface area contributed by atoms with Gasteiger partial charge in [0.1, 0.15) is 17.3 Å². The molecular formula is C23H25NO6. The number of ketones is 2. The molecule has 1 aromatic carbocycles. The first-order valence-corrected chi connectivity index (χ1v) is 10.1. The van der Waals surface area contributed by atoms with Crippen molar-refractivity contribution in [2.24, 2.45) is 10.8 Å². The molecule has 7 nitrogen and oxygen atoms in total. The summed E-state index contributed by atoms with van der Waals surface area (Å²) in [6.45, 7) is 7.76. The Morgan fingerprint density at radius 2 is 1.60 bits per heavy atom. The highest BCUT2D eigenvalue weighted by Crippen LogP contribution is 2.53. The van der Waals surface area contributed by atoms with Crippen molar-refractivity contribution in [2.75, 3.05) is 0 Å². The summed E-state index contributed by atoms with van der Waals surface area (Å²) in [5.41, 5.74) is 0.0475. The molecule has 0 spiro atoms. The van der Waals surface area contributed by atoms with Crippen molar-refractivity contribution in [3.8, 4) is 5.75 Å². The van der Waals surface area contributed by atoms with E-state index in [1.165, 1.54) is 18.2 Å². The van der Waals surface area contributed by atoms with E-state index in [0.717, 1.165) is 0 Å². The van der Waals surface area contributed by atoms with Gasteiger partial charge in [-0.05, 0) is 16.9 Å². The molecule has 4 rings (SSSR count). The smallest absolute Gasteiger partial charge is 0.270 e. The number of non-ortho nitro benzene ring substituents is 1. The van der Waals surface area contributed by atoms with Crippen LogP contribution < -0.4 is 4.74 Å². The molecule has 2 aliphatic carbocycles. The van der Waals surface area contributed by atoms with Gasteiger partial charge in [-0.3, -0.25) is 19.7 Å². The van der Waals surface area contributed by atoms with Gasteiger partial charge in [0, 0.05) is 54.5 Å². The molecule has 0 saturated carbocycles. The van der Waals surface area contributed by atoms with Gasteiger partial charge in [0.2, 0.25) is 0 Å². The number of hydrogen-bond donors (Lipinski definition) is 1. The minimum atomic E-state index is -0.851. The van der Waals surface area contributed by atoms with Gasteiger partial charge in [-0.25, -0.2) is 0 Å². The fourth-order valence-electron chi connectivity index (χ4n) is 4.88. The van der Waals surface area contributed by atoms with Crippen molar-refractivity contribution in [2.45, 2.75) is 59.3 Å². The van der Waals surface area contributed by atoms with Crippen molar-refractivity contribution in [1.82, 2.24) is 0 Å². The number of ether oxygens (including phenoxy) is 1. The van der Waals surface area contributed by atoms with E-state index in [1.54, 1.807) is 0 Å². The maximum absolute atomic E-state index is 13.2. The molecule has 0 bridgehead atoms. The van der Waals surface area contributed by atoms with Crippen LogP contribution in [0.4, 0.5) is 5.69 Å². The number of benzene rings is 1. The fourth-order valence-corrected chi connectivity index (χ4v) is 4.88. The highest BCUT2D eigenvalue weighted by Gasteiger charge is 2.47. The zero-order valence-electron chi connectivity index (χ0n) is 17.6. The quantitative estimate of drug-likeness (QED) is 0.547. The molecular weight excluding hydrogens is 386 g/mol. The third-order valence-electron chi connectivity index (χ3n) is 6.10. The van der Waals surface area contributed by atoms with Crippen LogP contribution in [0.2, 0.25) is 0 Å². The number of carbonyl (C=O) groups excluding carboxylic acids is 2. The van der Waals surface area contributed by atoms with Gasteiger partial charge in [-0.2, -0.15) is 0 Å². The van der Waals surface area contributed by atoms with Crippen LogP contribution in [0.5, 0.6) is 5.75 Å². The number of nitrogens with zero attached hydrogens (tertiary/aromatic N) is 1. The van der Waals surface area contributed by atoms with Crippen LogP contribution in [0.15, 0.2) is 40.9 Å². The predicted octanol–water partition coefficient (Wildman–Crippen LogP) is 4.92. The van der Waals surface area contributed by atoms with Crippen LogP contribution in [-0.2, 0) is 9.59 Å². The SMILES string of the molecule is CC1(C)CC(=O)C(C2C3=C(CC(C)(C)CC3=O)Oc3ccc([N+](=O)[O-])cc32)=C(O)C1. The summed E-state index contributed by atoms with van der Waals surface area (Å²) in [7, 11) is 0. The minimum Gasteiger partial charge on any atom is -0.512 e. The third-order valence-corrected chi connectivity index (χ3v) is 6.10. The van der Waals surface area contributed by atoms with Gasteiger partial charge in [0.15, 0.2) is 11.6 Å². The predicted molar refractivity (Wildman–Crippen MR) is 109 cm³/mol. The Bertz CT molecular complexity index is 1060. The van der Waals surface area contributed by atoms with Gasteiger partial charge in [-0.1, -0.05) is 27.7 Å². The Morgan fingerprint density at radius 1 is 1.00 bits per heavy atom. The second kappa shape index (κ2) is 6.52. The number of nitro benzene ring substituents is 1. The molecule has 7 heteroatoms. The molecule has 1 atom stereocenters. The fraction of sp³-hybridized carbons (Fsp3) is 0.478. The topological polar surface area (TPSA) is 107 Å². The summed E-state index contributed by atoms with van der Waals surface area (Å²) >= 11 is 0. The number of Topliss-reactive ketones (excluding diaryl/α,β-unsaturated/α-hetero) is 2. The van der Waals surface area contributed by atoms with Gasteiger partial charge < -0.3 is 9.84 Å². The van der Waals surface area contributed by atoms with E-state index in [-0.39, 0.29) is 46.8 Å². The molecule has 0 radical (unpaired) electrons. The number of allylic oxidation sites excluding steroid dienone is 4. The molecule has 0 amide bonds. The number of carbonyl (C=O) groups is 2. The monoisotopic (exact) mass is 411 g/mol. The van der Waals surface area contributed by atoms with E-state index < -0.39 is 16.3 Å². The maximum Gasteiger partial charge on any atom is 0.270 e. The van der Waals surface area contributed by atoms with Crippen molar-refractivity contribution < 1.29 is 24.4 Å². The number of hydrogen-bond acceptors (Lipinski definition) is 6. The van der Waals surface area contributed by atoms with Gasteiger partial charge >= 0.3 is 0 Å². The van der Waals surface area contributed by atoms with E-state index in [1.807, 2.05) is 27.7 Å². The molecule has 30 heavy (non-hydrogen) atoms. The first-order chi connectivity index (χ1) is 13.9. The van der Waals surface area contributed by atoms with Crippen LogP contribution in [0, 0.1) is 20.9 Å². The van der Waals surface area contributed by atoms with Gasteiger partial charge in [0.25, 0.3) is 5.69 Å². The lowest BCUT2D eigenvalue weighted by atomic mass is 9.66. The molecule has 1 unspecified atom stereocenters. The average molecular weight is 411 g/mol. The summed E-state index contributed by atoms with van der Waals surface area (Å²) < 4.78 is 6.03. The summed E-state index contributed by atoms with van der Waals surface area (Å²) in [6, 6.07) is 4.20. The molecule has 3 aliphatic rings. The summed E-state index contributed by atoms with van der Waals surface area (Å²) in [5.74, 6) is -0.423. The largest absolute Gasteiger partial charge is 0.512 e. The Labute approximate surface area is 174 Å². The van der Waals surface area contributed by atoms with Crippen molar-refractivity contribution in [3.63, 3.8) is 0 Å². The molecule has 0 saturated heterocycles. The second-order valence-corrected chi connectivity index (χ2v) is 10.1. The summed E-state index contributed by atoms with van der Waals surface area (Å²) in [4.78, 5) is 37.2. The highest BCUT2D eigenvalue weighted by molar-refractivity contribution is 6.06. The van der Waals surface area contributed by atoms with Crippen LogP contribution in [0.1, 0.15) is 64.9 Å². The highest BCUT2D eigenvalue weighted by atomic mass is 16.6. The van der Waals surface area contributed by atoms with E-state index >= 15 is 0 Å². The minimum absolute atomic E-state index is 0.0508. The number of fused-ring (bicyclic) bond motifs is 1. The van der Waals surface area contributed by atoms with Crippen molar-refractivity contribution >= 4 is 17.3 Å². The molecule has 0 aromatic heterocycles. The maximum atomic E-state index is 13.2. The molecule has 158 valence electrons. The van der Waals surface area contributed by atoms with Crippen LogP contribution in [0.25, 0.3) is 0 Å². The first kappa shape index (κ1) is 20.3. The lowest BCUT2D eigenvalue weighted by Crippen LogP contribution is -2.36. The average Bonchev–Trinajstić information content (AvgIpc) is 2.57. The van der Waals surface area contributed by atoms with E-state index in [0.29, 0.717) is 35.5 Å². The van der Waals surface area contributed by atoms with Crippen LogP contribution >= 0.6 is 0 Å². The van der Waals surface area contributed by atoms with E-state index in [9.17, 15) is 24.8 Å². The van der Waals surface area contributed by atoms with Gasteiger partial charge in [0.05, 0.1) is 10.8 Å². The zero-order chi connectivity index (χ0) is 22.0.